The minimum absolute atomic E-state index is 0.0292. The highest BCUT2D eigenvalue weighted by molar-refractivity contribution is 7.99. The molecule has 0 aromatic heterocycles. The third-order valence-corrected chi connectivity index (χ3v) is 5.51. The van der Waals surface area contributed by atoms with Crippen molar-refractivity contribution in [3.05, 3.63) is 54.6 Å². The maximum absolute atomic E-state index is 12.2. The molecule has 0 unspecified atom stereocenters. The summed E-state index contributed by atoms with van der Waals surface area (Å²) in [5, 5.41) is 5.93. The molecule has 0 fully saturated rings. The first-order valence-corrected chi connectivity index (χ1v) is 11.6. The number of anilines is 1. The Morgan fingerprint density at radius 2 is 1.67 bits per heavy atom. The third-order valence-electron chi connectivity index (χ3n) is 4.57. The van der Waals surface area contributed by atoms with Crippen LogP contribution in [-0.4, -0.2) is 55.4 Å². The summed E-state index contributed by atoms with van der Waals surface area (Å²) in [5.74, 6) is 1.60. The smallest absolute Gasteiger partial charge is 0.229 e. The molecule has 2 aromatic carbocycles. The van der Waals surface area contributed by atoms with E-state index in [9.17, 15) is 9.59 Å². The number of nitrogens with one attached hydrogen (secondary N) is 2. The van der Waals surface area contributed by atoms with Gasteiger partial charge >= 0.3 is 0 Å². The maximum Gasteiger partial charge on any atom is 0.229 e. The number of hydrogen-bond acceptors (Lipinski definition) is 4. The van der Waals surface area contributed by atoms with Gasteiger partial charge in [-0.25, -0.2) is 0 Å². The number of hydrogen-bond donors (Lipinski definition) is 2. The molecule has 2 rings (SSSR count). The molecule has 2 amide bonds. The predicted octanol–water partition coefficient (Wildman–Crippen LogP) is 4.26. The average Bonchev–Trinajstić information content (AvgIpc) is 2.74. The Hall–Kier alpha value is -2.31. The fourth-order valence-electron chi connectivity index (χ4n) is 2.91. The normalized spacial score (nSPS) is 10.8. The summed E-state index contributed by atoms with van der Waals surface area (Å²) in [7, 11) is 4.06. The van der Waals surface area contributed by atoms with Gasteiger partial charge in [0.25, 0.3) is 0 Å². The Labute approximate surface area is 184 Å². The van der Waals surface area contributed by atoms with Crippen LogP contribution in [0.3, 0.4) is 0 Å². The van der Waals surface area contributed by atoms with E-state index >= 15 is 0 Å². The lowest BCUT2D eigenvalue weighted by molar-refractivity contribution is -0.118. The Balaban J connectivity index is 1.57. The highest BCUT2D eigenvalue weighted by Gasteiger charge is 2.05. The van der Waals surface area contributed by atoms with Crippen LogP contribution in [-0.2, 0) is 9.59 Å². The van der Waals surface area contributed by atoms with Crippen molar-refractivity contribution in [2.75, 3.05) is 44.0 Å². The molecule has 0 heterocycles. The largest absolute Gasteiger partial charge is 0.355 e. The Kier molecular flexibility index (Phi) is 11.0. The highest BCUT2D eigenvalue weighted by atomic mass is 32.2. The summed E-state index contributed by atoms with van der Waals surface area (Å²) in [4.78, 5) is 26.1. The minimum Gasteiger partial charge on any atom is -0.355 e. The van der Waals surface area contributed by atoms with Gasteiger partial charge in [0.2, 0.25) is 11.8 Å². The van der Waals surface area contributed by atoms with Gasteiger partial charge in [0.1, 0.15) is 0 Å². The standard InChI is InChI=1S/C24H33N3O2S/c1-27(2)16-17-30-19-24(29)25-15-8-4-7-14-23(28)26-22-13-9-12-21(18-22)20-10-5-3-6-11-20/h3,5-6,9-13,18H,4,7-8,14-17,19H2,1-2H3,(H,25,29)(H,26,28). The van der Waals surface area contributed by atoms with Crippen molar-refractivity contribution in [2.45, 2.75) is 25.7 Å². The summed E-state index contributed by atoms with van der Waals surface area (Å²) in [6.07, 6.45) is 3.12. The highest BCUT2D eigenvalue weighted by Crippen LogP contribution is 2.22. The molecule has 5 nitrogen and oxygen atoms in total. The van der Waals surface area contributed by atoms with Crippen molar-refractivity contribution in [2.24, 2.45) is 0 Å². The van der Waals surface area contributed by atoms with Gasteiger partial charge in [-0.3, -0.25) is 9.59 Å². The van der Waals surface area contributed by atoms with Crippen molar-refractivity contribution < 1.29 is 9.59 Å². The summed E-state index contributed by atoms with van der Waals surface area (Å²) >= 11 is 1.66. The van der Waals surface area contributed by atoms with Gasteiger partial charge in [0.05, 0.1) is 5.75 Å². The van der Waals surface area contributed by atoms with Crippen molar-refractivity contribution in [1.29, 1.82) is 0 Å². The molecule has 0 aliphatic carbocycles. The van der Waals surface area contributed by atoms with E-state index in [0.29, 0.717) is 18.7 Å². The summed E-state index contributed by atoms with van der Waals surface area (Å²) in [6.45, 7) is 1.66. The van der Waals surface area contributed by atoms with Gasteiger partial charge in [-0.05, 0) is 50.2 Å². The molecule has 0 saturated heterocycles. The number of thioether (sulfide) groups is 1. The number of rotatable bonds is 13. The van der Waals surface area contributed by atoms with E-state index in [4.69, 9.17) is 0 Å². The van der Waals surface area contributed by atoms with Crippen LogP contribution in [0.25, 0.3) is 11.1 Å². The van der Waals surface area contributed by atoms with Crippen molar-refractivity contribution in [3.63, 3.8) is 0 Å². The van der Waals surface area contributed by atoms with Gasteiger partial charge in [0.15, 0.2) is 0 Å². The molecule has 30 heavy (non-hydrogen) atoms. The molecule has 2 N–H and O–H groups in total. The maximum atomic E-state index is 12.2. The first-order valence-electron chi connectivity index (χ1n) is 10.5. The van der Waals surface area contributed by atoms with Gasteiger partial charge < -0.3 is 15.5 Å². The second-order valence-corrected chi connectivity index (χ2v) is 8.62. The molecule has 0 radical (unpaired) electrons. The van der Waals surface area contributed by atoms with E-state index in [-0.39, 0.29) is 11.8 Å². The summed E-state index contributed by atoms with van der Waals surface area (Å²) in [6, 6.07) is 18.0. The number of nitrogens with zero attached hydrogens (tertiary/aromatic N) is 1. The van der Waals surface area contributed by atoms with Crippen LogP contribution < -0.4 is 10.6 Å². The predicted molar refractivity (Wildman–Crippen MR) is 128 cm³/mol. The van der Waals surface area contributed by atoms with Crippen molar-refractivity contribution in [1.82, 2.24) is 10.2 Å². The van der Waals surface area contributed by atoms with Crippen LogP contribution in [0.2, 0.25) is 0 Å². The van der Waals surface area contributed by atoms with Gasteiger partial charge in [-0.1, -0.05) is 48.9 Å². The molecule has 0 atom stereocenters. The quantitative estimate of drug-likeness (QED) is 0.469. The van der Waals surface area contributed by atoms with Gasteiger partial charge in [-0.2, -0.15) is 11.8 Å². The Bertz CT molecular complexity index is 781. The second-order valence-electron chi connectivity index (χ2n) is 7.51. The fraction of sp³-hybridized carbons (Fsp3) is 0.417. The number of carbonyl (C=O) groups excluding carboxylic acids is 2. The molecule has 2 aromatic rings. The van der Waals surface area contributed by atoms with E-state index in [0.717, 1.165) is 48.4 Å². The van der Waals surface area contributed by atoms with Crippen LogP contribution in [0.5, 0.6) is 0 Å². The lowest BCUT2D eigenvalue weighted by Crippen LogP contribution is -2.26. The second kappa shape index (κ2) is 13.8. The van der Waals surface area contributed by atoms with Crippen LogP contribution >= 0.6 is 11.8 Å². The van der Waals surface area contributed by atoms with Gasteiger partial charge in [-0.15, -0.1) is 0 Å². The number of carbonyl (C=O) groups is 2. The first kappa shape index (κ1) is 24.0. The lowest BCUT2D eigenvalue weighted by atomic mass is 10.1. The fourth-order valence-corrected chi connectivity index (χ4v) is 3.83. The van der Waals surface area contributed by atoms with Crippen LogP contribution in [0.4, 0.5) is 5.69 Å². The molecular formula is C24H33N3O2S. The van der Waals surface area contributed by atoms with Crippen LogP contribution in [0, 0.1) is 0 Å². The zero-order valence-corrected chi connectivity index (χ0v) is 18.8. The van der Waals surface area contributed by atoms with E-state index in [1.54, 1.807) is 11.8 Å². The third kappa shape index (κ3) is 9.94. The summed E-state index contributed by atoms with van der Waals surface area (Å²) in [5.41, 5.74) is 3.04. The topological polar surface area (TPSA) is 61.4 Å². The lowest BCUT2D eigenvalue weighted by Gasteiger charge is -2.09. The van der Waals surface area contributed by atoms with Crippen molar-refractivity contribution >= 4 is 29.3 Å². The number of benzene rings is 2. The Morgan fingerprint density at radius 1 is 0.900 bits per heavy atom. The molecule has 0 aliphatic rings. The molecule has 0 spiro atoms. The molecular weight excluding hydrogens is 394 g/mol. The Morgan fingerprint density at radius 3 is 2.43 bits per heavy atom. The van der Waals surface area contributed by atoms with E-state index in [2.05, 4.69) is 27.7 Å². The zero-order chi connectivity index (χ0) is 21.6. The monoisotopic (exact) mass is 427 g/mol. The van der Waals surface area contributed by atoms with E-state index < -0.39 is 0 Å². The first-order chi connectivity index (χ1) is 14.5. The molecule has 6 heteroatoms. The minimum atomic E-state index is 0.0292. The number of amides is 2. The van der Waals surface area contributed by atoms with Crippen LogP contribution in [0.1, 0.15) is 25.7 Å². The van der Waals surface area contributed by atoms with E-state index in [1.165, 1.54) is 0 Å². The SMILES string of the molecule is CN(C)CCSCC(=O)NCCCCCC(=O)Nc1cccc(-c2ccccc2)c1. The average molecular weight is 428 g/mol. The molecule has 0 aliphatic heterocycles. The molecule has 0 saturated carbocycles. The number of unbranched alkanes of at least 4 members (excludes halogenated alkanes) is 2. The zero-order valence-electron chi connectivity index (χ0n) is 18.0. The molecule has 162 valence electrons. The van der Waals surface area contributed by atoms with Crippen LogP contribution in [0.15, 0.2) is 54.6 Å². The van der Waals surface area contributed by atoms with Gasteiger partial charge in [0, 0.05) is 31.0 Å². The van der Waals surface area contributed by atoms with E-state index in [1.807, 2.05) is 56.6 Å². The summed E-state index contributed by atoms with van der Waals surface area (Å²) < 4.78 is 0. The van der Waals surface area contributed by atoms with Crippen molar-refractivity contribution in [3.8, 4) is 11.1 Å². The molecule has 0 bridgehead atoms.